The molecule has 3 aromatic heterocycles. The lowest BCUT2D eigenvalue weighted by molar-refractivity contribution is 0.506. The molecule has 1 aliphatic rings. The van der Waals surface area contributed by atoms with Gasteiger partial charge in [-0.15, -0.1) is 0 Å². The molecule has 4 heteroatoms. The molecule has 1 aliphatic carbocycles. The minimum Gasteiger partial charge on any atom is -0.461 e. The fourth-order valence-corrected chi connectivity index (χ4v) is 3.91. The molecule has 0 N–H and O–H groups in total. The summed E-state index contributed by atoms with van der Waals surface area (Å²) < 4.78 is 7.73. The van der Waals surface area contributed by atoms with Crippen molar-refractivity contribution in [3.8, 4) is 16.8 Å². The van der Waals surface area contributed by atoms with Gasteiger partial charge in [0.2, 0.25) is 0 Å². The number of hydrogen-bond donors (Lipinski definition) is 0. The Bertz CT molecular complexity index is 1200. The maximum absolute atomic E-state index is 12.7. The van der Waals surface area contributed by atoms with Crippen LogP contribution in [0.2, 0.25) is 0 Å². The Labute approximate surface area is 157 Å². The Morgan fingerprint density at radius 3 is 2.70 bits per heavy atom. The monoisotopic (exact) mass is 356 g/mol. The van der Waals surface area contributed by atoms with Crippen molar-refractivity contribution in [2.75, 3.05) is 0 Å². The molecule has 0 fully saturated rings. The quantitative estimate of drug-likeness (QED) is 0.517. The van der Waals surface area contributed by atoms with Crippen LogP contribution in [0.15, 0.2) is 64.1 Å². The van der Waals surface area contributed by atoms with Crippen LogP contribution in [0.4, 0.5) is 0 Å². The van der Waals surface area contributed by atoms with E-state index in [4.69, 9.17) is 4.42 Å². The summed E-state index contributed by atoms with van der Waals surface area (Å²) in [4.78, 5) is 17.0. The molecule has 0 amide bonds. The minimum absolute atomic E-state index is 0.0660. The van der Waals surface area contributed by atoms with Gasteiger partial charge in [0.05, 0.1) is 5.69 Å². The van der Waals surface area contributed by atoms with Crippen molar-refractivity contribution in [1.29, 1.82) is 0 Å². The summed E-state index contributed by atoms with van der Waals surface area (Å²) in [5, 5.41) is 1.18. The number of rotatable bonds is 2. The number of hydrogen-bond acceptors (Lipinski definition) is 3. The fraction of sp³-hybridized carbons (Fsp3) is 0.217. The summed E-state index contributed by atoms with van der Waals surface area (Å²) in [6.45, 7) is 1.95. The van der Waals surface area contributed by atoms with E-state index in [1.165, 1.54) is 23.8 Å². The number of benzene rings is 1. The van der Waals surface area contributed by atoms with Crippen LogP contribution in [-0.2, 0) is 12.8 Å². The molecule has 4 nitrogen and oxygen atoms in total. The van der Waals surface area contributed by atoms with E-state index in [2.05, 4.69) is 11.1 Å². The minimum atomic E-state index is -0.0660. The van der Waals surface area contributed by atoms with Gasteiger partial charge in [-0.05, 0) is 56.0 Å². The summed E-state index contributed by atoms with van der Waals surface area (Å²) in [7, 11) is 0. The Morgan fingerprint density at radius 2 is 1.89 bits per heavy atom. The largest absolute Gasteiger partial charge is 0.461 e. The molecule has 0 saturated carbocycles. The molecular weight excluding hydrogens is 336 g/mol. The predicted octanol–water partition coefficient (Wildman–Crippen LogP) is 4.83. The van der Waals surface area contributed by atoms with Crippen molar-refractivity contribution >= 4 is 11.0 Å². The van der Waals surface area contributed by atoms with Crippen molar-refractivity contribution in [2.45, 2.75) is 32.6 Å². The van der Waals surface area contributed by atoms with E-state index in [-0.39, 0.29) is 5.56 Å². The highest BCUT2D eigenvalue weighted by Gasteiger charge is 2.18. The SMILES string of the molecule is Cc1ccc(-c2ccn(-c3ccc4c5c(oc4c3)CCCC5)c(=O)c2)cn1. The average Bonchev–Trinajstić information content (AvgIpc) is 3.06. The Morgan fingerprint density at radius 1 is 1.00 bits per heavy atom. The molecule has 0 saturated heterocycles. The molecule has 134 valence electrons. The number of pyridine rings is 2. The van der Waals surface area contributed by atoms with E-state index in [0.29, 0.717) is 0 Å². The highest BCUT2D eigenvalue weighted by Crippen LogP contribution is 2.32. The summed E-state index contributed by atoms with van der Waals surface area (Å²) in [5.41, 5.74) is 5.75. The number of aromatic nitrogens is 2. The third-order valence-corrected chi connectivity index (χ3v) is 5.38. The van der Waals surface area contributed by atoms with Gasteiger partial charge in [-0.1, -0.05) is 6.07 Å². The number of nitrogens with zero attached hydrogens (tertiary/aromatic N) is 2. The first-order valence-corrected chi connectivity index (χ1v) is 9.39. The van der Waals surface area contributed by atoms with E-state index < -0.39 is 0 Å². The number of aryl methyl sites for hydroxylation is 3. The van der Waals surface area contributed by atoms with Gasteiger partial charge < -0.3 is 4.42 Å². The first kappa shape index (κ1) is 16.1. The number of furan rings is 1. The highest BCUT2D eigenvalue weighted by atomic mass is 16.3. The molecule has 0 bridgehead atoms. The van der Waals surface area contributed by atoms with Crippen molar-refractivity contribution in [3.63, 3.8) is 0 Å². The molecule has 4 aromatic rings. The van der Waals surface area contributed by atoms with Crippen molar-refractivity contribution in [3.05, 3.63) is 82.2 Å². The van der Waals surface area contributed by atoms with Crippen LogP contribution in [0.1, 0.15) is 29.9 Å². The highest BCUT2D eigenvalue weighted by molar-refractivity contribution is 5.84. The van der Waals surface area contributed by atoms with E-state index >= 15 is 0 Å². The fourth-order valence-electron chi connectivity index (χ4n) is 3.91. The smallest absolute Gasteiger partial charge is 0.255 e. The average molecular weight is 356 g/mol. The molecule has 0 spiro atoms. The lowest BCUT2D eigenvalue weighted by atomic mass is 9.96. The molecule has 0 atom stereocenters. The van der Waals surface area contributed by atoms with E-state index in [1.54, 1.807) is 16.8 Å². The van der Waals surface area contributed by atoms with Crippen molar-refractivity contribution < 1.29 is 4.42 Å². The molecule has 0 unspecified atom stereocenters. The first-order valence-electron chi connectivity index (χ1n) is 9.39. The maximum Gasteiger partial charge on any atom is 0.255 e. The van der Waals surface area contributed by atoms with Gasteiger partial charge in [0.1, 0.15) is 11.3 Å². The summed E-state index contributed by atoms with van der Waals surface area (Å²) in [5.74, 6) is 1.11. The van der Waals surface area contributed by atoms with Crippen molar-refractivity contribution in [1.82, 2.24) is 9.55 Å². The molecule has 3 heterocycles. The van der Waals surface area contributed by atoms with Crippen LogP contribution in [0.3, 0.4) is 0 Å². The van der Waals surface area contributed by atoms with Crippen LogP contribution < -0.4 is 5.56 Å². The van der Waals surface area contributed by atoms with Crippen LogP contribution in [-0.4, -0.2) is 9.55 Å². The first-order chi connectivity index (χ1) is 13.2. The van der Waals surface area contributed by atoms with Gasteiger partial charge in [0.15, 0.2) is 0 Å². The lowest BCUT2D eigenvalue weighted by Crippen LogP contribution is -2.16. The van der Waals surface area contributed by atoms with Crippen molar-refractivity contribution in [2.24, 2.45) is 0 Å². The standard InChI is InChI=1S/C23H20N2O2/c1-15-6-7-17(14-24-15)16-10-11-25(23(26)12-16)18-8-9-20-19-4-2-3-5-21(19)27-22(20)13-18/h6-14H,2-5H2,1H3. The number of fused-ring (bicyclic) bond motifs is 3. The Hall–Kier alpha value is -3.14. The van der Waals surface area contributed by atoms with Gasteiger partial charge in [-0.3, -0.25) is 14.3 Å². The van der Waals surface area contributed by atoms with Crippen LogP contribution in [0, 0.1) is 6.92 Å². The van der Waals surface area contributed by atoms with E-state index in [0.717, 1.165) is 46.7 Å². The molecule has 0 radical (unpaired) electrons. The van der Waals surface area contributed by atoms with E-state index in [9.17, 15) is 4.79 Å². The van der Waals surface area contributed by atoms with E-state index in [1.807, 2.05) is 43.5 Å². The lowest BCUT2D eigenvalue weighted by Gasteiger charge is -2.09. The maximum atomic E-state index is 12.7. The second kappa shape index (κ2) is 6.23. The third kappa shape index (κ3) is 2.78. The second-order valence-corrected chi connectivity index (χ2v) is 7.20. The molecule has 5 rings (SSSR count). The van der Waals surface area contributed by atoms with Crippen LogP contribution in [0.5, 0.6) is 0 Å². The zero-order valence-corrected chi connectivity index (χ0v) is 15.2. The van der Waals surface area contributed by atoms with Gasteiger partial charge in [-0.2, -0.15) is 0 Å². The molecular formula is C23H20N2O2. The van der Waals surface area contributed by atoms with Crippen LogP contribution in [0.25, 0.3) is 27.8 Å². The second-order valence-electron chi connectivity index (χ2n) is 7.20. The Kier molecular flexibility index (Phi) is 3.71. The van der Waals surface area contributed by atoms with Crippen LogP contribution >= 0.6 is 0 Å². The normalized spacial score (nSPS) is 13.7. The van der Waals surface area contributed by atoms with Gasteiger partial charge in [0, 0.05) is 53.2 Å². The zero-order chi connectivity index (χ0) is 18.4. The molecule has 0 aliphatic heterocycles. The Balaban J connectivity index is 1.56. The molecule has 1 aromatic carbocycles. The van der Waals surface area contributed by atoms with Gasteiger partial charge >= 0.3 is 0 Å². The predicted molar refractivity (Wildman–Crippen MR) is 106 cm³/mol. The summed E-state index contributed by atoms with van der Waals surface area (Å²) in [6.07, 6.45) is 8.13. The zero-order valence-electron chi connectivity index (χ0n) is 15.2. The van der Waals surface area contributed by atoms with Gasteiger partial charge in [-0.25, -0.2) is 0 Å². The van der Waals surface area contributed by atoms with Gasteiger partial charge in [0.25, 0.3) is 5.56 Å². The summed E-state index contributed by atoms with van der Waals surface area (Å²) in [6, 6.07) is 13.6. The summed E-state index contributed by atoms with van der Waals surface area (Å²) >= 11 is 0. The molecule has 27 heavy (non-hydrogen) atoms. The topological polar surface area (TPSA) is 48.0 Å². The third-order valence-electron chi connectivity index (χ3n) is 5.38.